The van der Waals surface area contributed by atoms with Crippen molar-refractivity contribution < 1.29 is 48.9 Å². The molecular weight excluding hydrogens is 927 g/mol. The molecule has 0 spiro atoms. The fraction of sp³-hybridized carbons (Fsp3) is 0.245. The molecule has 6 amide bonds. The summed E-state index contributed by atoms with van der Waals surface area (Å²) in [6.07, 6.45) is -1.86. The molecule has 0 saturated carbocycles. The molecule has 0 unspecified atom stereocenters. The summed E-state index contributed by atoms with van der Waals surface area (Å²) in [5.74, 6) is -7.02. The van der Waals surface area contributed by atoms with Gasteiger partial charge in [0.25, 0.3) is 11.8 Å². The van der Waals surface area contributed by atoms with Gasteiger partial charge in [-0.3, -0.25) is 33.8 Å². The Balaban J connectivity index is 1.25. The van der Waals surface area contributed by atoms with E-state index in [0.717, 1.165) is 16.7 Å². The average Bonchev–Trinajstić information content (AvgIpc) is 3.90. The van der Waals surface area contributed by atoms with Crippen LogP contribution in [0.3, 0.4) is 0 Å². The maximum atomic E-state index is 14.8. The fourth-order valence-electron chi connectivity index (χ4n) is 7.95. The van der Waals surface area contributed by atoms with Crippen molar-refractivity contribution in [2.75, 3.05) is 5.32 Å². The predicted octanol–water partition coefficient (Wildman–Crippen LogP) is 2.90. The van der Waals surface area contributed by atoms with E-state index in [9.17, 15) is 48.9 Å². The highest BCUT2D eigenvalue weighted by Gasteiger charge is 2.36. The number of anilines is 1. The Labute approximate surface area is 413 Å². The summed E-state index contributed by atoms with van der Waals surface area (Å²) in [4.78, 5) is 102. The molecule has 4 heterocycles. The third kappa shape index (κ3) is 14.5. The van der Waals surface area contributed by atoms with E-state index in [1.165, 1.54) is 48.0 Å². The molecule has 6 aromatic rings. The summed E-state index contributed by atoms with van der Waals surface area (Å²) < 4.78 is 0. The van der Waals surface area contributed by atoms with Gasteiger partial charge in [-0.1, -0.05) is 109 Å². The summed E-state index contributed by atoms with van der Waals surface area (Å²) in [5, 5.41) is 49.6. The van der Waals surface area contributed by atoms with E-state index in [0.29, 0.717) is 21.6 Å². The van der Waals surface area contributed by atoms with E-state index in [1.54, 1.807) is 41.8 Å². The monoisotopic (exact) mass is 979 g/mol. The molecule has 0 radical (unpaired) electrons. The third-order valence-electron chi connectivity index (χ3n) is 11.9. The fourth-order valence-corrected chi connectivity index (χ4v) is 8.70. The molecule has 2 aliphatic heterocycles. The number of aliphatic hydroxyl groups is 2. The zero-order chi connectivity index (χ0) is 50.3. The van der Waals surface area contributed by atoms with Crippen molar-refractivity contribution in [2.45, 2.75) is 80.9 Å². The van der Waals surface area contributed by atoms with Crippen LogP contribution in [0.2, 0.25) is 0 Å². The van der Waals surface area contributed by atoms with Crippen molar-refractivity contribution in [3.63, 3.8) is 0 Å². The van der Waals surface area contributed by atoms with Crippen molar-refractivity contribution in [1.82, 2.24) is 31.6 Å². The van der Waals surface area contributed by atoms with Gasteiger partial charge in [-0.15, -0.1) is 11.3 Å². The van der Waals surface area contributed by atoms with Gasteiger partial charge < -0.3 is 47.2 Å². The Bertz CT molecular complexity index is 2770. The van der Waals surface area contributed by atoms with Crippen LogP contribution in [0.25, 0.3) is 11.1 Å². The van der Waals surface area contributed by atoms with Gasteiger partial charge in [-0.2, -0.15) is 0 Å². The smallest absolute Gasteiger partial charge is 0.326 e. The number of carbonyl (C=O) groups excluding carboxylic acids is 6. The quantitative estimate of drug-likeness (QED) is 0.0760. The first-order valence-electron chi connectivity index (χ1n) is 22.9. The molecule has 0 aliphatic carbocycles. The van der Waals surface area contributed by atoms with Gasteiger partial charge in [0.15, 0.2) is 12.2 Å². The maximum Gasteiger partial charge on any atom is 0.326 e. The van der Waals surface area contributed by atoms with E-state index in [4.69, 9.17) is 0 Å². The standard InChI is InChI=1S/C53H53N7O10S/c61-45-46(62)52(68)59-43(30-39-14-8-26-71-39)50(66)58-41(27-33-15-20-37(21-16-33)36-12-5-2-6-13-36)48(64)56-40(24-19-32-9-3-1-4-10-32)47(63)57-42(28-34-17-22-38(23-18-34)55-51(45)67)49(65)60-44(53(69)70)29-35-11-7-25-54-31-35/h1-18,20-23,25-26,31,40-46,61-62H,19,24,27-30H2,(H,55,67)(H,56,64)(H,57,63)(H,58,66)(H,59,68)(H,60,65)(H,69,70)/t40-,41+,42+,43-,44+,45-,46-/m1/s1. The number of rotatable bonds is 13. The second-order valence-electron chi connectivity index (χ2n) is 17.1. The van der Waals surface area contributed by atoms with Crippen molar-refractivity contribution in [1.29, 1.82) is 0 Å². The molecule has 17 nitrogen and oxygen atoms in total. The molecule has 0 saturated heterocycles. The number of aliphatic carboxylic acids is 1. The van der Waals surface area contributed by atoms with Crippen molar-refractivity contribution >= 4 is 58.4 Å². The number of hydrogen-bond acceptors (Lipinski definition) is 11. The number of thiophene rings is 1. The van der Waals surface area contributed by atoms with Crippen LogP contribution >= 0.6 is 11.3 Å². The van der Waals surface area contributed by atoms with E-state index in [-0.39, 0.29) is 44.2 Å². The molecule has 2 aliphatic rings. The first kappa shape index (κ1) is 50.8. The average molecular weight is 980 g/mol. The lowest BCUT2D eigenvalue weighted by Gasteiger charge is -2.27. The lowest BCUT2D eigenvalue weighted by atomic mass is 9.99. The molecule has 7 atom stereocenters. The van der Waals surface area contributed by atoms with Crippen molar-refractivity contribution in [2.24, 2.45) is 0 Å². The highest BCUT2D eigenvalue weighted by molar-refractivity contribution is 7.09. The highest BCUT2D eigenvalue weighted by atomic mass is 32.1. The number of carbonyl (C=O) groups is 7. The Morgan fingerprint density at radius 1 is 0.620 bits per heavy atom. The molecule has 366 valence electrons. The van der Waals surface area contributed by atoms with Crippen molar-refractivity contribution in [3.8, 4) is 11.1 Å². The van der Waals surface area contributed by atoms with E-state index in [2.05, 4.69) is 36.9 Å². The number of aliphatic hydroxyl groups excluding tert-OH is 2. The zero-order valence-corrected chi connectivity index (χ0v) is 39.1. The van der Waals surface area contributed by atoms with E-state index in [1.807, 2.05) is 72.8 Å². The van der Waals surface area contributed by atoms with Gasteiger partial charge in [0.05, 0.1) is 0 Å². The van der Waals surface area contributed by atoms with E-state index < -0.39 is 83.8 Å². The summed E-state index contributed by atoms with van der Waals surface area (Å²) in [6.45, 7) is 0. The Morgan fingerprint density at radius 2 is 1.23 bits per heavy atom. The number of carboxylic acids is 1. The number of pyridine rings is 1. The SMILES string of the molecule is O=C(O)[C@H](Cc1cccnc1)NC(=O)[C@@H]1Cc2ccc(cc2)NC(=O)[C@H](O)[C@@H](O)C(=O)N[C@H](Cc2cccs2)C(=O)N[C@@H](Cc2ccc(-c3ccccc3)cc2)C(=O)N[C@H](CCc2ccccc2)C(=O)N1. The topological polar surface area (TPSA) is 265 Å². The van der Waals surface area contributed by atoms with E-state index >= 15 is 0 Å². The normalized spacial score (nSPS) is 20.7. The first-order chi connectivity index (χ1) is 34.3. The number of benzene rings is 4. The number of carboxylic acid groups (broad SMARTS) is 1. The van der Waals surface area contributed by atoms with Crippen LogP contribution in [-0.4, -0.2) is 104 Å². The largest absolute Gasteiger partial charge is 0.480 e. The van der Waals surface area contributed by atoms with Gasteiger partial charge in [0.1, 0.15) is 30.2 Å². The predicted molar refractivity (Wildman–Crippen MR) is 264 cm³/mol. The molecule has 0 fully saturated rings. The van der Waals surface area contributed by atoms with Crippen LogP contribution in [0, 0.1) is 0 Å². The minimum absolute atomic E-state index is 0.0206. The third-order valence-corrected chi connectivity index (χ3v) is 12.8. The van der Waals surface area contributed by atoms with Crippen LogP contribution in [-0.2, 0) is 65.7 Å². The highest BCUT2D eigenvalue weighted by Crippen LogP contribution is 2.21. The molecule has 9 N–H and O–H groups in total. The Hall–Kier alpha value is -8.06. The summed E-state index contributed by atoms with van der Waals surface area (Å²) in [6, 6.07) is 31.7. The van der Waals surface area contributed by atoms with Crippen LogP contribution < -0.4 is 31.9 Å². The van der Waals surface area contributed by atoms with Crippen LogP contribution in [0.15, 0.2) is 151 Å². The number of nitrogens with one attached hydrogen (secondary N) is 6. The molecule has 18 heteroatoms. The Kier molecular flexibility index (Phi) is 17.5. The van der Waals surface area contributed by atoms with Gasteiger partial charge in [-0.05, 0) is 75.9 Å². The first-order valence-corrected chi connectivity index (χ1v) is 23.8. The zero-order valence-electron chi connectivity index (χ0n) is 38.3. The number of amides is 6. The Morgan fingerprint density at radius 3 is 1.87 bits per heavy atom. The van der Waals surface area contributed by atoms with Crippen LogP contribution in [0.1, 0.15) is 33.6 Å². The number of aromatic nitrogens is 1. The summed E-state index contributed by atoms with van der Waals surface area (Å²) >= 11 is 1.28. The summed E-state index contributed by atoms with van der Waals surface area (Å²) in [7, 11) is 0. The van der Waals surface area contributed by atoms with Crippen molar-refractivity contribution in [3.05, 3.63) is 178 Å². The second-order valence-corrected chi connectivity index (χ2v) is 18.1. The number of nitrogens with zero attached hydrogens (tertiary/aromatic N) is 1. The van der Waals surface area contributed by atoms with Gasteiger partial charge in [0, 0.05) is 48.6 Å². The van der Waals surface area contributed by atoms with Gasteiger partial charge >= 0.3 is 5.97 Å². The van der Waals surface area contributed by atoms with Crippen LogP contribution in [0.4, 0.5) is 5.69 Å². The van der Waals surface area contributed by atoms with Gasteiger partial charge in [-0.25, -0.2) is 4.79 Å². The lowest BCUT2D eigenvalue weighted by molar-refractivity contribution is -0.144. The molecule has 2 aromatic heterocycles. The molecule has 4 aromatic carbocycles. The second kappa shape index (κ2) is 24.5. The molecular formula is C53H53N7O10S. The number of hydrogen-bond donors (Lipinski definition) is 9. The van der Waals surface area contributed by atoms with Crippen LogP contribution in [0.5, 0.6) is 0 Å². The minimum atomic E-state index is -2.33. The minimum Gasteiger partial charge on any atom is -0.480 e. The molecule has 71 heavy (non-hydrogen) atoms. The lowest BCUT2D eigenvalue weighted by Crippen LogP contribution is -2.60. The molecule has 8 rings (SSSR count). The number of aryl methyl sites for hydroxylation is 1. The maximum absolute atomic E-state index is 14.8. The van der Waals surface area contributed by atoms with Gasteiger partial charge in [0.2, 0.25) is 23.6 Å². The number of fused-ring (bicyclic) bond motifs is 18. The molecule has 2 bridgehead atoms. The summed E-state index contributed by atoms with van der Waals surface area (Å²) in [5.41, 5.74) is 4.39.